The first kappa shape index (κ1) is 17.9. The van der Waals surface area contributed by atoms with Crippen molar-refractivity contribution in [3.8, 4) is 0 Å². The van der Waals surface area contributed by atoms with E-state index in [1.165, 1.54) is 5.56 Å². The molecule has 1 aromatic carbocycles. The lowest BCUT2D eigenvalue weighted by Crippen LogP contribution is -2.57. The van der Waals surface area contributed by atoms with Crippen LogP contribution in [0.5, 0.6) is 0 Å². The van der Waals surface area contributed by atoms with Gasteiger partial charge in [-0.15, -0.1) is 0 Å². The van der Waals surface area contributed by atoms with Crippen LogP contribution in [-0.2, 0) is 16.0 Å². The lowest BCUT2D eigenvalue weighted by molar-refractivity contribution is -0.355. The number of amides is 1. The molecule has 0 saturated carbocycles. The van der Waals surface area contributed by atoms with E-state index in [4.69, 9.17) is 9.90 Å². The maximum absolute atomic E-state index is 10.8. The molecule has 0 atom stereocenters. The highest BCUT2D eigenvalue weighted by molar-refractivity contribution is 5.76. The second-order valence-electron chi connectivity index (χ2n) is 3.62. The topological polar surface area (TPSA) is 96.9 Å². The van der Waals surface area contributed by atoms with Gasteiger partial charge in [-0.05, 0) is 12.0 Å². The summed E-state index contributed by atoms with van der Waals surface area (Å²) in [6, 6.07) is 10.1. The van der Waals surface area contributed by atoms with Crippen LogP contribution in [0, 0.1) is 0 Å². The summed E-state index contributed by atoms with van der Waals surface area (Å²) in [5, 5.41) is 11.6. The minimum absolute atomic E-state index is 0.0101. The number of halogens is 3. The van der Waals surface area contributed by atoms with Gasteiger partial charge in [-0.3, -0.25) is 4.79 Å². The van der Waals surface area contributed by atoms with E-state index in [2.05, 4.69) is 23.2 Å². The van der Waals surface area contributed by atoms with Gasteiger partial charge in [-0.2, -0.15) is 13.2 Å². The van der Waals surface area contributed by atoms with Gasteiger partial charge in [0.1, 0.15) is 5.97 Å². The molecule has 0 spiro atoms. The molecule has 1 rings (SSSR count). The number of nitrogens with one attached hydrogen (secondary N) is 1. The number of quaternary nitrogens is 1. The maximum Gasteiger partial charge on any atom is 0.430 e. The Morgan fingerprint density at radius 1 is 1.20 bits per heavy atom. The number of benzene rings is 1. The normalized spacial score (nSPS) is 10.2. The molecule has 1 aromatic rings. The van der Waals surface area contributed by atoms with Crippen molar-refractivity contribution in [2.75, 3.05) is 13.1 Å². The van der Waals surface area contributed by atoms with Crippen LogP contribution in [0.1, 0.15) is 5.56 Å². The summed E-state index contributed by atoms with van der Waals surface area (Å²) in [5.41, 5.74) is 4.74. The van der Waals surface area contributed by atoms with Crippen LogP contribution >= 0.6 is 0 Å². The zero-order chi connectivity index (χ0) is 15.6. The SMILES string of the molecule is O=C([O-])C(F)(F)F.[NH3+]CC(=O)NCCc1ccccc1. The highest BCUT2D eigenvalue weighted by Crippen LogP contribution is 2.11. The highest BCUT2D eigenvalue weighted by Gasteiger charge is 2.28. The standard InChI is InChI=1S/C10H14N2O.C2HF3O2/c11-8-10(13)12-7-6-9-4-2-1-3-5-9;3-2(4,5)1(6)7/h1-5H,6-8,11H2,(H,12,13);(H,6,7). The molecule has 112 valence electrons. The Bertz CT molecular complexity index is 422. The molecule has 0 heterocycles. The molecule has 4 N–H and O–H groups in total. The Kier molecular flexibility index (Phi) is 7.98. The van der Waals surface area contributed by atoms with E-state index in [9.17, 15) is 18.0 Å². The third kappa shape index (κ3) is 8.92. The molecular weight excluding hydrogens is 277 g/mol. The van der Waals surface area contributed by atoms with E-state index in [-0.39, 0.29) is 5.91 Å². The van der Waals surface area contributed by atoms with Crippen molar-refractivity contribution in [1.29, 1.82) is 0 Å². The molecule has 0 fully saturated rings. The average Bonchev–Trinajstić information content (AvgIpc) is 2.39. The Morgan fingerprint density at radius 2 is 1.70 bits per heavy atom. The summed E-state index contributed by atoms with van der Waals surface area (Å²) in [5.74, 6) is -3.00. The highest BCUT2D eigenvalue weighted by atomic mass is 19.4. The van der Waals surface area contributed by atoms with Crippen molar-refractivity contribution in [2.45, 2.75) is 12.6 Å². The number of carbonyl (C=O) groups excluding carboxylic acids is 2. The van der Waals surface area contributed by atoms with Crippen molar-refractivity contribution in [2.24, 2.45) is 0 Å². The summed E-state index contributed by atoms with van der Waals surface area (Å²) < 4.78 is 31.5. The molecule has 0 bridgehead atoms. The van der Waals surface area contributed by atoms with Crippen LogP contribution < -0.4 is 16.2 Å². The third-order valence-electron chi connectivity index (χ3n) is 2.04. The summed E-state index contributed by atoms with van der Waals surface area (Å²) >= 11 is 0. The number of carboxylic acid groups (broad SMARTS) is 1. The molecular formula is C12H15F3N2O3. The Balaban J connectivity index is 0.000000441. The first-order valence-corrected chi connectivity index (χ1v) is 5.65. The molecule has 0 radical (unpaired) electrons. The molecule has 0 aliphatic rings. The number of carbonyl (C=O) groups is 2. The van der Waals surface area contributed by atoms with Gasteiger partial charge in [0.05, 0.1) is 0 Å². The average molecular weight is 292 g/mol. The number of hydrogen-bond acceptors (Lipinski definition) is 3. The third-order valence-corrected chi connectivity index (χ3v) is 2.04. The van der Waals surface area contributed by atoms with Gasteiger partial charge in [0.15, 0.2) is 6.54 Å². The number of rotatable bonds is 4. The minimum atomic E-state index is -5.19. The number of alkyl halides is 3. The maximum atomic E-state index is 10.8. The summed E-state index contributed by atoms with van der Waals surface area (Å²) in [7, 11) is 0. The monoisotopic (exact) mass is 292 g/mol. The first-order valence-electron chi connectivity index (χ1n) is 5.65. The van der Waals surface area contributed by atoms with Gasteiger partial charge in [-0.1, -0.05) is 30.3 Å². The van der Waals surface area contributed by atoms with Crippen molar-refractivity contribution >= 4 is 11.9 Å². The van der Waals surface area contributed by atoms with Crippen molar-refractivity contribution in [3.05, 3.63) is 35.9 Å². The molecule has 0 aliphatic heterocycles. The van der Waals surface area contributed by atoms with Crippen molar-refractivity contribution in [3.63, 3.8) is 0 Å². The molecule has 8 heteroatoms. The van der Waals surface area contributed by atoms with Crippen LogP contribution in [0.25, 0.3) is 0 Å². The van der Waals surface area contributed by atoms with Crippen LogP contribution in [0.2, 0.25) is 0 Å². The van der Waals surface area contributed by atoms with Crippen LogP contribution in [0.4, 0.5) is 13.2 Å². The number of aliphatic carboxylic acids is 1. The van der Waals surface area contributed by atoms with Gasteiger partial charge in [0.2, 0.25) is 0 Å². The van der Waals surface area contributed by atoms with E-state index >= 15 is 0 Å². The molecule has 0 unspecified atom stereocenters. The van der Waals surface area contributed by atoms with Gasteiger partial charge in [0, 0.05) is 6.54 Å². The van der Waals surface area contributed by atoms with Crippen LogP contribution in [-0.4, -0.2) is 31.1 Å². The summed E-state index contributed by atoms with van der Waals surface area (Å²) in [6.07, 6.45) is -4.31. The van der Waals surface area contributed by atoms with Crippen LogP contribution in [0.15, 0.2) is 30.3 Å². The summed E-state index contributed by atoms with van der Waals surface area (Å²) in [6.45, 7) is 1.01. The molecule has 0 aliphatic carbocycles. The smallest absolute Gasteiger partial charge is 0.430 e. The lowest BCUT2D eigenvalue weighted by atomic mass is 10.1. The number of hydrogen-bond donors (Lipinski definition) is 2. The summed E-state index contributed by atoms with van der Waals surface area (Å²) in [4.78, 5) is 19.6. The molecule has 20 heavy (non-hydrogen) atoms. The largest absolute Gasteiger partial charge is 0.542 e. The van der Waals surface area contributed by atoms with E-state index in [0.717, 1.165) is 6.42 Å². The molecule has 0 aromatic heterocycles. The minimum Gasteiger partial charge on any atom is -0.542 e. The van der Waals surface area contributed by atoms with Gasteiger partial charge < -0.3 is 21.0 Å². The lowest BCUT2D eigenvalue weighted by Gasteiger charge is -2.03. The quantitative estimate of drug-likeness (QED) is 0.736. The molecule has 0 saturated heterocycles. The van der Waals surface area contributed by atoms with Crippen molar-refractivity contribution in [1.82, 2.24) is 5.32 Å². The Morgan fingerprint density at radius 3 is 2.10 bits per heavy atom. The first-order chi connectivity index (χ1) is 9.27. The predicted molar refractivity (Wildman–Crippen MR) is 62.0 cm³/mol. The Labute approximate surface area is 113 Å². The second-order valence-corrected chi connectivity index (χ2v) is 3.62. The fourth-order valence-electron chi connectivity index (χ4n) is 1.08. The zero-order valence-corrected chi connectivity index (χ0v) is 10.6. The van der Waals surface area contributed by atoms with E-state index in [1.54, 1.807) is 0 Å². The molecule has 1 amide bonds. The fourth-order valence-corrected chi connectivity index (χ4v) is 1.08. The van der Waals surface area contributed by atoms with E-state index in [1.807, 2.05) is 18.2 Å². The number of carboxylic acids is 1. The molecule has 5 nitrogen and oxygen atoms in total. The van der Waals surface area contributed by atoms with E-state index in [0.29, 0.717) is 13.1 Å². The fraction of sp³-hybridized carbons (Fsp3) is 0.333. The predicted octanol–water partition coefficient (Wildman–Crippen LogP) is -1.11. The van der Waals surface area contributed by atoms with Crippen molar-refractivity contribution < 1.29 is 33.6 Å². The second kappa shape index (κ2) is 8.92. The Hall–Kier alpha value is -2.09. The van der Waals surface area contributed by atoms with Gasteiger partial charge in [0.25, 0.3) is 5.91 Å². The van der Waals surface area contributed by atoms with Gasteiger partial charge in [-0.25, -0.2) is 0 Å². The van der Waals surface area contributed by atoms with Crippen LogP contribution in [0.3, 0.4) is 0 Å². The van der Waals surface area contributed by atoms with Gasteiger partial charge >= 0.3 is 6.18 Å². The van der Waals surface area contributed by atoms with E-state index < -0.39 is 12.1 Å². The zero-order valence-electron chi connectivity index (χ0n) is 10.6.